The van der Waals surface area contributed by atoms with Gasteiger partial charge >= 0.3 is 13.8 Å². The standard InChI is InChI=1S/C66H125N2O7P/c1-7-10-13-16-19-22-25-27-29-30-31-32-33-34-35-36-37-38-39-40-43-46-49-52-55-58-65(69)67-63(62-74-76(71,72)73-61-60-68(4,5)6)64(57-54-51-48-45-42-24-21-18-15-12-9-3)75-66(70)59-56-53-50-47-44-41-28-26-23-20-17-14-11-8-2/h11,14,20,23,28,41,54,57,63-64H,7-10,12-13,15-19,21-22,24-27,29-40,42-53,55-56,58-62H2,1-6H3,(H-,67,69,71,72)/p+1/b14-11+,23-20+,41-28+,57-54-. The lowest BCUT2D eigenvalue weighted by Crippen LogP contribution is -2.47. The van der Waals surface area contributed by atoms with Gasteiger partial charge in [0, 0.05) is 12.8 Å². The number of amides is 1. The molecule has 3 unspecified atom stereocenters. The summed E-state index contributed by atoms with van der Waals surface area (Å²) < 4.78 is 30.7. The SMILES string of the molecule is CC/C=C/C/C=C/C/C=C/CCCCCCC(=O)OC(/C=C\CCCCCCCCCCC)C(COP(=O)(O)OCC[N+](C)(C)C)NC(=O)CCCCCCCCCCCCCCCCCCCCCCCCCCC. The van der Waals surface area contributed by atoms with Crippen LogP contribution in [0.3, 0.4) is 0 Å². The van der Waals surface area contributed by atoms with Crippen LogP contribution < -0.4 is 5.32 Å². The molecule has 0 saturated heterocycles. The number of carbonyl (C=O) groups is 2. The number of likely N-dealkylation sites (N-methyl/N-ethyl adjacent to an activating group) is 1. The van der Waals surface area contributed by atoms with Crippen molar-refractivity contribution in [3.05, 3.63) is 48.6 Å². The van der Waals surface area contributed by atoms with E-state index < -0.39 is 20.0 Å². The minimum Gasteiger partial charge on any atom is -0.456 e. The molecule has 0 aliphatic carbocycles. The van der Waals surface area contributed by atoms with Crippen LogP contribution in [-0.2, 0) is 27.9 Å². The van der Waals surface area contributed by atoms with E-state index in [9.17, 15) is 19.0 Å². The zero-order valence-electron chi connectivity index (χ0n) is 51.0. The first kappa shape index (κ1) is 74.0. The van der Waals surface area contributed by atoms with E-state index in [1.807, 2.05) is 33.3 Å². The number of ether oxygens (including phenoxy) is 1. The van der Waals surface area contributed by atoms with Gasteiger partial charge < -0.3 is 19.4 Å². The molecular formula is C66H126N2O7P+. The Labute approximate surface area is 471 Å². The van der Waals surface area contributed by atoms with Crippen LogP contribution in [0.15, 0.2) is 48.6 Å². The molecule has 9 nitrogen and oxygen atoms in total. The third kappa shape index (κ3) is 56.7. The van der Waals surface area contributed by atoms with Gasteiger partial charge in [-0.15, -0.1) is 0 Å². The van der Waals surface area contributed by atoms with E-state index in [0.29, 0.717) is 23.9 Å². The molecule has 446 valence electrons. The molecular weight excluding hydrogens is 964 g/mol. The fourth-order valence-corrected chi connectivity index (χ4v) is 10.3. The number of rotatable bonds is 59. The molecule has 0 spiro atoms. The molecule has 0 aromatic carbocycles. The number of nitrogens with one attached hydrogen (secondary N) is 1. The summed E-state index contributed by atoms with van der Waals surface area (Å²) in [7, 11) is 1.49. The summed E-state index contributed by atoms with van der Waals surface area (Å²) in [5.41, 5.74) is 0. The second-order valence-corrected chi connectivity index (χ2v) is 24.7. The van der Waals surface area contributed by atoms with E-state index in [0.717, 1.165) is 83.5 Å². The van der Waals surface area contributed by atoms with E-state index in [1.54, 1.807) is 0 Å². The van der Waals surface area contributed by atoms with E-state index >= 15 is 0 Å². The minimum absolute atomic E-state index is 0.0375. The Balaban J connectivity index is 5.03. The zero-order chi connectivity index (χ0) is 55.7. The predicted octanol–water partition coefficient (Wildman–Crippen LogP) is 20.1. The van der Waals surface area contributed by atoms with Gasteiger partial charge in [0.25, 0.3) is 0 Å². The van der Waals surface area contributed by atoms with Crippen LogP contribution in [0.1, 0.15) is 310 Å². The van der Waals surface area contributed by atoms with Gasteiger partial charge in [-0.25, -0.2) is 4.57 Å². The second kappa shape index (κ2) is 56.3. The van der Waals surface area contributed by atoms with Crippen molar-refractivity contribution in [2.75, 3.05) is 40.9 Å². The fourth-order valence-electron chi connectivity index (χ4n) is 9.55. The highest BCUT2D eigenvalue weighted by molar-refractivity contribution is 7.47. The fraction of sp³-hybridized carbons (Fsp3) is 0.848. The van der Waals surface area contributed by atoms with Crippen molar-refractivity contribution in [1.29, 1.82) is 0 Å². The molecule has 0 rings (SSSR count). The van der Waals surface area contributed by atoms with Gasteiger partial charge in [-0.05, 0) is 63.9 Å². The van der Waals surface area contributed by atoms with Crippen molar-refractivity contribution in [3.8, 4) is 0 Å². The Bertz CT molecular complexity index is 1440. The molecule has 0 bridgehead atoms. The number of hydrogen-bond donors (Lipinski definition) is 2. The second-order valence-electron chi connectivity index (χ2n) is 23.3. The number of quaternary nitrogens is 1. The van der Waals surface area contributed by atoms with E-state index in [-0.39, 0.29) is 31.5 Å². The number of phosphoric acid groups is 1. The molecule has 10 heteroatoms. The van der Waals surface area contributed by atoms with Crippen LogP contribution >= 0.6 is 7.82 Å². The summed E-state index contributed by atoms with van der Waals surface area (Å²) in [5, 5.41) is 3.06. The first-order chi connectivity index (χ1) is 36.9. The van der Waals surface area contributed by atoms with Gasteiger partial charge in [0.2, 0.25) is 5.91 Å². The van der Waals surface area contributed by atoms with Crippen molar-refractivity contribution in [3.63, 3.8) is 0 Å². The average Bonchev–Trinajstić information content (AvgIpc) is 3.38. The number of unbranched alkanes of at least 4 members (excludes halogenated alkanes) is 37. The van der Waals surface area contributed by atoms with Crippen molar-refractivity contribution < 1.29 is 37.3 Å². The topological polar surface area (TPSA) is 111 Å². The summed E-state index contributed by atoms with van der Waals surface area (Å²) in [5.74, 6) is -0.520. The molecule has 2 N–H and O–H groups in total. The Morgan fingerprint density at radius 3 is 1.26 bits per heavy atom. The maximum absolute atomic E-state index is 13.6. The summed E-state index contributed by atoms with van der Waals surface area (Å²) >= 11 is 0. The van der Waals surface area contributed by atoms with Gasteiger partial charge in [-0.3, -0.25) is 18.6 Å². The lowest BCUT2D eigenvalue weighted by atomic mass is 10.0. The van der Waals surface area contributed by atoms with Crippen LogP contribution in [0, 0.1) is 0 Å². The highest BCUT2D eigenvalue weighted by Crippen LogP contribution is 2.43. The normalized spacial score (nSPS) is 13.9. The zero-order valence-corrected chi connectivity index (χ0v) is 51.9. The first-order valence-electron chi connectivity index (χ1n) is 32.5. The number of carbonyl (C=O) groups excluding carboxylic acids is 2. The van der Waals surface area contributed by atoms with Crippen molar-refractivity contribution >= 4 is 19.7 Å². The summed E-state index contributed by atoms with van der Waals surface area (Å²) in [6, 6.07) is -0.855. The smallest absolute Gasteiger partial charge is 0.456 e. The van der Waals surface area contributed by atoms with Gasteiger partial charge in [-0.1, -0.05) is 282 Å². The summed E-state index contributed by atoms with van der Waals surface area (Å²) in [6.07, 6.45) is 69.9. The van der Waals surface area contributed by atoms with E-state index in [4.69, 9.17) is 13.8 Å². The van der Waals surface area contributed by atoms with Gasteiger partial charge in [0.1, 0.15) is 19.3 Å². The highest BCUT2D eigenvalue weighted by Gasteiger charge is 2.30. The molecule has 0 aromatic heterocycles. The van der Waals surface area contributed by atoms with Crippen LogP contribution in [0.25, 0.3) is 0 Å². The molecule has 0 heterocycles. The molecule has 0 fully saturated rings. The third-order valence-electron chi connectivity index (χ3n) is 14.5. The number of allylic oxidation sites excluding steroid dienone is 7. The largest absolute Gasteiger partial charge is 0.472 e. The molecule has 0 aromatic rings. The molecule has 0 radical (unpaired) electrons. The maximum Gasteiger partial charge on any atom is 0.472 e. The molecule has 76 heavy (non-hydrogen) atoms. The summed E-state index contributed by atoms with van der Waals surface area (Å²) in [4.78, 5) is 37.7. The Kier molecular flexibility index (Phi) is 54.7. The molecule has 0 saturated carbocycles. The van der Waals surface area contributed by atoms with Crippen molar-refractivity contribution in [2.24, 2.45) is 0 Å². The van der Waals surface area contributed by atoms with Crippen LogP contribution in [-0.4, -0.2) is 74.3 Å². The van der Waals surface area contributed by atoms with E-state index in [2.05, 4.69) is 62.5 Å². The number of nitrogens with zero attached hydrogens (tertiary/aromatic N) is 1. The number of hydrogen-bond acceptors (Lipinski definition) is 6. The Morgan fingerprint density at radius 2 is 0.842 bits per heavy atom. The summed E-state index contributed by atoms with van der Waals surface area (Å²) in [6.45, 7) is 6.91. The lowest BCUT2D eigenvalue weighted by molar-refractivity contribution is -0.870. The molecule has 0 aliphatic rings. The Hall–Kier alpha value is -2.03. The average molecular weight is 1090 g/mol. The minimum atomic E-state index is -4.45. The van der Waals surface area contributed by atoms with Crippen LogP contribution in [0.2, 0.25) is 0 Å². The highest BCUT2D eigenvalue weighted by atomic mass is 31.2. The predicted molar refractivity (Wildman–Crippen MR) is 328 cm³/mol. The van der Waals surface area contributed by atoms with Crippen molar-refractivity contribution in [1.82, 2.24) is 5.32 Å². The van der Waals surface area contributed by atoms with Gasteiger partial charge in [-0.2, -0.15) is 0 Å². The van der Waals surface area contributed by atoms with Crippen LogP contribution in [0.5, 0.6) is 0 Å². The number of phosphoric ester groups is 1. The Morgan fingerprint density at radius 1 is 0.474 bits per heavy atom. The van der Waals surface area contributed by atoms with Gasteiger partial charge in [0.05, 0.1) is 33.8 Å². The van der Waals surface area contributed by atoms with Gasteiger partial charge in [0.15, 0.2) is 0 Å². The lowest BCUT2D eigenvalue weighted by Gasteiger charge is -2.27. The van der Waals surface area contributed by atoms with Crippen molar-refractivity contribution in [2.45, 2.75) is 322 Å². The quantitative estimate of drug-likeness (QED) is 0.0205. The number of esters is 1. The monoisotopic (exact) mass is 1090 g/mol. The molecule has 0 aliphatic heterocycles. The first-order valence-corrected chi connectivity index (χ1v) is 34.0. The third-order valence-corrected chi connectivity index (χ3v) is 15.5. The molecule has 3 atom stereocenters. The maximum atomic E-state index is 13.6. The molecule has 1 amide bonds. The van der Waals surface area contributed by atoms with Crippen LogP contribution in [0.4, 0.5) is 0 Å². The van der Waals surface area contributed by atoms with E-state index in [1.165, 1.54) is 186 Å².